The molecule has 1 fully saturated rings. The number of hydrogen-bond donors (Lipinski definition) is 2. The number of nitrogens with zero attached hydrogens (tertiary/aromatic N) is 2. The fourth-order valence-electron chi connectivity index (χ4n) is 3.16. The maximum absolute atomic E-state index is 14.4. The van der Waals surface area contributed by atoms with Gasteiger partial charge in [0, 0.05) is 18.7 Å². The monoisotopic (exact) mass is 384 g/mol. The summed E-state index contributed by atoms with van der Waals surface area (Å²) in [7, 11) is 1.57. The molecule has 1 aliphatic heterocycles. The zero-order chi connectivity index (χ0) is 19.9. The van der Waals surface area contributed by atoms with E-state index in [1.807, 2.05) is 30.3 Å². The van der Waals surface area contributed by atoms with Crippen molar-refractivity contribution in [3.8, 4) is 5.75 Å². The zero-order valence-corrected chi connectivity index (χ0v) is 16.2. The van der Waals surface area contributed by atoms with Crippen LogP contribution in [0.25, 0.3) is 0 Å². The summed E-state index contributed by atoms with van der Waals surface area (Å²) >= 11 is 0. The lowest BCUT2D eigenvalue weighted by Gasteiger charge is -2.18. The van der Waals surface area contributed by atoms with Gasteiger partial charge in [-0.3, -0.25) is 4.79 Å². The number of benzene rings is 2. The van der Waals surface area contributed by atoms with Crippen LogP contribution in [0.4, 0.5) is 15.8 Å². The van der Waals surface area contributed by atoms with Crippen molar-refractivity contribution in [1.82, 2.24) is 5.43 Å². The van der Waals surface area contributed by atoms with Gasteiger partial charge in [0.2, 0.25) is 0 Å². The van der Waals surface area contributed by atoms with Crippen molar-refractivity contribution in [3.05, 3.63) is 53.8 Å². The van der Waals surface area contributed by atoms with Crippen molar-refractivity contribution in [2.75, 3.05) is 37.0 Å². The van der Waals surface area contributed by atoms with Crippen molar-refractivity contribution < 1.29 is 13.9 Å². The smallest absolute Gasteiger partial charge is 0.259 e. The van der Waals surface area contributed by atoms with Crippen molar-refractivity contribution in [3.63, 3.8) is 0 Å². The van der Waals surface area contributed by atoms with Crippen LogP contribution in [0.3, 0.4) is 0 Å². The van der Waals surface area contributed by atoms with Crippen LogP contribution in [0.15, 0.2) is 47.6 Å². The van der Waals surface area contributed by atoms with Gasteiger partial charge in [0.05, 0.1) is 30.7 Å². The summed E-state index contributed by atoms with van der Waals surface area (Å²) in [6.45, 7) is 3.55. The predicted octanol–water partition coefficient (Wildman–Crippen LogP) is 3.39. The van der Waals surface area contributed by atoms with E-state index in [0.29, 0.717) is 22.7 Å². The number of hydrazone groups is 1. The number of carbonyl (C=O) groups excluding carboxylic acids is 1. The van der Waals surface area contributed by atoms with Crippen molar-refractivity contribution in [2.45, 2.75) is 19.8 Å². The van der Waals surface area contributed by atoms with Gasteiger partial charge in [0.1, 0.15) is 11.6 Å². The number of nitrogens with one attached hydrogen (secondary N) is 2. The molecule has 0 bridgehead atoms. The molecular formula is C21H25FN4O2. The Morgan fingerprint density at radius 3 is 2.68 bits per heavy atom. The molecule has 7 heteroatoms. The fourth-order valence-corrected chi connectivity index (χ4v) is 3.16. The highest BCUT2D eigenvalue weighted by Gasteiger charge is 2.16. The molecule has 0 unspecified atom stereocenters. The number of methoxy groups -OCH3 is 1. The average Bonchev–Trinajstić information content (AvgIpc) is 3.25. The normalized spacial score (nSPS) is 14.1. The highest BCUT2D eigenvalue weighted by Crippen LogP contribution is 2.25. The number of para-hydroxylation sites is 2. The second-order valence-electron chi connectivity index (χ2n) is 6.65. The number of amides is 1. The Hall–Kier alpha value is -3.09. The standard InChI is InChI=1S/C21H25FN4O2/c1-15(16-9-10-19(17(22)13-16)26-11-5-6-12-26)24-25-21(27)14-23-18-7-3-4-8-20(18)28-2/h3-4,7-10,13,23H,5-6,11-12,14H2,1-2H3,(H,25,27)/b24-15-. The van der Waals surface area contributed by atoms with Crippen molar-refractivity contribution in [1.29, 1.82) is 0 Å². The molecule has 0 radical (unpaired) electrons. The lowest BCUT2D eigenvalue weighted by Crippen LogP contribution is -2.27. The van der Waals surface area contributed by atoms with Gasteiger partial charge in [0.25, 0.3) is 5.91 Å². The van der Waals surface area contributed by atoms with Crippen molar-refractivity contribution in [2.24, 2.45) is 5.10 Å². The molecule has 3 rings (SSSR count). The quantitative estimate of drug-likeness (QED) is 0.567. The van der Waals surface area contributed by atoms with E-state index in [0.717, 1.165) is 31.6 Å². The number of ether oxygens (including phenoxy) is 1. The summed E-state index contributed by atoms with van der Waals surface area (Å²) in [5, 5.41) is 7.09. The van der Waals surface area contributed by atoms with Crippen LogP contribution in [-0.2, 0) is 4.79 Å². The van der Waals surface area contributed by atoms with Crippen LogP contribution in [0, 0.1) is 5.82 Å². The third kappa shape index (κ3) is 4.79. The molecule has 2 N–H and O–H groups in total. The van der Waals surface area contributed by atoms with Gasteiger partial charge >= 0.3 is 0 Å². The number of rotatable bonds is 7. The van der Waals surface area contributed by atoms with Crippen LogP contribution < -0.4 is 20.4 Å². The number of halogens is 1. The van der Waals surface area contributed by atoms with E-state index in [2.05, 4.69) is 20.7 Å². The molecule has 1 aliphatic rings. The lowest BCUT2D eigenvalue weighted by molar-refractivity contribution is -0.119. The molecule has 148 valence electrons. The fraction of sp³-hybridized carbons (Fsp3) is 0.333. The minimum absolute atomic E-state index is 0.0411. The van der Waals surface area contributed by atoms with E-state index in [-0.39, 0.29) is 18.3 Å². The predicted molar refractivity (Wildman–Crippen MR) is 110 cm³/mol. The average molecular weight is 384 g/mol. The van der Waals surface area contributed by atoms with Gasteiger partial charge in [0.15, 0.2) is 0 Å². The molecule has 28 heavy (non-hydrogen) atoms. The molecule has 1 saturated heterocycles. The maximum atomic E-state index is 14.4. The van der Waals surface area contributed by atoms with Crippen LogP contribution in [0.1, 0.15) is 25.3 Å². The Balaban J connectivity index is 1.57. The van der Waals surface area contributed by atoms with Gasteiger partial charge in [-0.25, -0.2) is 9.82 Å². The van der Waals surface area contributed by atoms with Gasteiger partial charge < -0.3 is 15.0 Å². The summed E-state index contributed by atoms with van der Waals surface area (Å²) in [6, 6.07) is 12.4. The summed E-state index contributed by atoms with van der Waals surface area (Å²) in [5.74, 6) is 0.0843. The van der Waals surface area contributed by atoms with Gasteiger partial charge in [-0.1, -0.05) is 18.2 Å². The minimum atomic E-state index is -0.306. The third-order valence-electron chi connectivity index (χ3n) is 4.71. The van der Waals surface area contributed by atoms with Gasteiger partial charge in [-0.2, -0.15) is 5.10 Å². The van der Waals surface area contributed by atoms with Crippen LogP contribution in [0.5, 0.6) is 5.75 Å². The Bertz CT molecular complexity index is 863. The highest BCUT2D eigenvalue weighted by atomic mass is 19.1. The highest BCUT2D eigenvalue weighted by molar-refractivity contribution is 5.99. The largest absolute Gasteiger partial charge is 0.495 e. The Labute approximate surface area is 164 Å². The molecule has 1 amide bonds. The minimum Gasteiger partial charge on any atom is -0.495 e. The summed E-state index contributed by atoms with van der Waals surface area (Å²) < 4.78 is 19.7. The molecular weight excluding hydrogens is 359 g/mol. The van der Waals surface area contributed by atoms with E-state index in [9.17, 15) is 9.18 Å². The number of anilines is 2. The molecule has 0 aromatic heterocycles. The Morgan fingerprint density at radius 1 is 1.21 bits per heavy atom. The Kier molecular flexibility index (Phi) is 6.47. The number of hydrogen-bond acceptors (Lipinski definition) is 5. The van der Waals surface area contributed by atoms with Crippen LogP contribution in [-0.4, -0.2) is 38.4 Å². The maximum Gasteiger partial charge on any atom is 0.259 e. The Morgan fingerprint density at radius 2 is 1.96 bits per heavy atom. The van der Waals surface area contributed by atoms with E-state index in [1.165, 1.54) is 6.07 Å². The van der Waals surface area contributed by atoms with Gasteiger partial charge in [-0.15, -0.1) is 0 Å². The first-order chi connectivity index (χ1) is 13.6. The van der Waals surface area contributed by atoms with E-state index in [1.54, 1.807) is 20.1 Å². The van der Waals surface area contributed by atoms with E-state index < -0.39 is 0 Å². The van der Waals surface area contributed by atoms with E-state index >= 15 is 0 Å². The molecule has 0 saturated carbocycles. The molecule has 0 spiro atoms. The third-order valence-corrected chi connectivity index (χ3v) is 4.71. The summed E-state index contributed by atoms with van der Waals surface area (Å²) in [6.07, 6.45) is 2.19. The summed E-state index contributed by atoms with van der Waals surface area (Å²) in [5.41, 5.74) is 5.01. The first kappa shape index (κ1) is 19.7. The first-order valence-corrected chi connectivity index (χ1v) is 9.33. The molecule has 0 aliphatic carbocycles. The molecule has 6 nitrogen and oxygen atoms in total. The first-order valence-electron chi connectivity index (χ1n) is 9.33. The van der Waals surface area contributed by atoms with Crippen LogP contribution in [0.2, 0.25) is 0 Å². The number of carbonyl (C=O) groups is 1. The second-order valence-corrected chi connectivity index (χ2v) is 6.65. The van der Waals surface area contributed by atoms with Crippen molar-refractivity contribution >= 4 is 23.0 Å². The van der Waals surface area contributed by atoms with Crippen LogP contribution >= 0.6 is 0 Å². The molecule has 1 heterocycles. The van der Waals surface area contributed by atoms with Gasteiger partial charge in [-0.05, 0) is 44.0 Å². The SMILES string of the molecule is COc1ccccc1NCC(=O)N/N=C(/C)c1ccc(N2CCCC2)c(F)c1. The molecule has 0 atom stereocenters. The molecule has 2 aromatic rings. The topological polar surface area (TPSA) is 66.0 Å². The second kappa shape index (κ2) is 9.21. The molecule has 2 aromatic carbocycles. The zero-order valence-electron chi connectivity index (χ0n) is 16.2. The van der Waals surface area contributed by atoms with E-state index in [4.69, 9.17) is 4.74 Å². The summed E-state index contributed by atoms with van der Waals surface area (Å²) in [4.78, 5) is 14.1. The lowest BCUT2D eigenvalue weighted by atomic mass is 10.1.